The molecule has 0 unspecified atom stereocenters. The zero-order valence-electron chi connectivity index (χ0n) is 19.1. The highest BCUT2D eigenvalue weighted by Crippen LogP contribution is 2.18. The van der Waals surface area contributed by atoms with Crippen molar-refractivity contribution in [2.75, 3.05) is 6.54 Å². The fourth-order valence-corrected chi connectivity index (χ4v) is 3.48. The highest BCUT2D eigenvalue weighted by molar-refractivity contribution is 5.92. The molecule has 11 N–H and O–H groups in total. The van der Waals surface area contributed by atoms with Crippen LogP contribution in [0, 0.1) is 0 Å². The number of carboxylic acid groups (broad SMARTS) is 2. The molecule has 0 saturated heterocycles. The molecule has 13 nitrogen and oxygen atoms in total. The maximum absolute atomic E-state index is 12.8. The molecule has 0 aliphatic carbocycles. The SMILES string of the molecule is NC(N)=NCCC[C@H](NC(=O)[C@H](CCC(=O)O)NC(=O)[C@@H](N)Cc1c[nH]c2ccccc12)C(=O)O. The minimum absolute atomic E-state index is 0.0253. The molecular weight excluding hydrogens is 458 g/mol. The Morgan fingerprint density at radius 3 is 2.34 bits per heavy atom. The quantitative estimate of drug-likeness (QED) is 0.0921. The molecule has 1 heterocycles. The number of H-pyrrole nitrogens is 1. The van der Waals surface area contributed by atoms with Crippen LogP contribution in [0.3, 0.4) is 0 Å². The van der Waals surface area contributed by atoms with Crippen LogP contribution in [-0.4, -0.2) is 69.6 Å². The number of guanidine groups is 1. The monoisotopic (exact) mass is 489 g/mol. The number of carbonyl (C=O) groups excluding carboxylic acids is 2. The first-order valence-electron chi connectivity index (χ1n) is 11.0. The lowest BCUT2D eigenvalue weighted by Gasteiger charge is -2.22. The number of carbonyl (C=O) groups is 4. The van der Waals surface area contributed by atoms with E-state index in [4.69, 9.17) is 22.3 Å². The first kappa shape index (κ1) is 27.1. The average Bonchev–Trinajstić information content (AvgIpc) is 3.20. The Morgan fingerprint density at radius 2 is 1.69 bits per heavy atom. The fraction of sp³-hybridized carbons (Fsp3) is 0.409. The van der Waals surface area contributed by atoms with Gasteiger partial charge in [0.25, 0.3) is 0 Å². The molecule has 0 aliphatic rings. The van der Waals surface area contributed by atoms with Crippen LogP contribution in [0.25, 0.3) is 10.9 Å². The Kier molecular flexibility index (Phi) is 10.0. The molecule has 0 saturated carbocycles. The van der Waals surface area contributed by atoms with Gasteiger partial charge in [0, 0.05) is 30.1 Å². The molecule has 1 aromatic carbocycles. The number of hydrogen-bond donors (Lipinski definition) is 8. The van der Waals surface area contributed by atoms with Gasteiger partial charge in [-0.15, -0.1) is 0 Å². The normalized spacial score (nSPS) is 13.4. The largest absolute Gasteiger partial charge is 0.481 e. The molecule has 0 spiro atoms. The summed E-state index contributed by atoms with van der Waals surface area (Å²) in [6.45, 7) is 0.170. The van der Waals surface area contributed by atoms with Gasteiger partial charge in [0.05, 0.1) is 6.04 Å². The lowest BCUT2D eigenvalue weighted by atomic mass is 10.0. The van der Waals surface area contributed by atoms with Crippen LogP contribution < -0.4 is 27.8 Å². The zero-order chi connectivity index (χ0) is 26.0. The van der Waals surface area contributed by atoms with E-state index in [-0.39, 0.29) is 38.2 Å². The number of fused-ring (bicyclic) bond motifs is 1. The Balaban J connectivity index is 2.04. The first-order valence-corrected chi connectivity index (χ1v) is 11.0. The molecule has 35 heavy (non-hydrogen) atoms. The van der Waals surface area contributed by atoms with Crippen LogP contribution >= 0.6 is 0 Å². The molecule has 3 atom stereocenters. The summed E-state index contributed by atoms with van der Waals surface area (Å²) in [4.78, 5) is 54.9. The van der Waals surface area contributed by atoms with Gasteiger partial charge < -0.3 is 43.0 Å². The minimum Gasteiger partial charge on any atom is -0.481 e. The Morgan fingerprint density at radius 1 is 1.00 bits per heavy atom. The van der Waals surface area contributed by atoms with E-state index in [1.807, 2.05) is 24.3 Å². The second-order valence-corrected chi connectivity index (χ2v) is 8.01. The van der Waals surface area contributed by atoms with Gasteiger partial charge in [-0.1, -0.05) is 18.2 Å². The van der Waals surface area contributed by atoms with E-state index in [2.05, 4.69) is 20.6 Å². The number of aromatic nitrogens is 1. The van der Waals surface area contributed by atoms with Crippen molar-refractivity contribution in [1.29, 1.82) is 0 Å². The average molecular weight is 490 g/mol. The number of nitrogens with one attached hydrogen (secondary N) is 3. The molecule has 0 aliphatic heterocycles. The summed E-state index contributed by atoms with van der Waals surface area (Å²) in [6, 6.07) is 3.90. The molecule has 2 aromatic rings. The van der Waals surface area contributed by atoms with E-state index in [9.17, 15) is 24.3 Å². The lowest BCUT2D eigenvalue weighted by molar-refractivity contribution is -0.143. The highest BCUT2D eigenvalue weighted by Gasteiger charge is 2.28. The van der Waals surface area contributed by atoms with Gasteiger partial charge in [-0.05, 0) is 37.3 Å². The Hall–Kier alpha value is -4.13. The number of nitrogens with two attached hydrogens (primary N) is 3. The van der Waals surface area contributed by atoms with Gasteiger partial charge in [-0.25, -0.2) is 4.79 Å². The Labute approximate surface area is 201 Å². The van der Waals surface area contributed by atoms with Crippen molar-refractivity contribution in [1.82, 2.24) is 15.6 Å². The van der Waals surface area contributed by atoms with Gasteiger partial charge in [0.1, 0.15) is 12.1 Å². The zero-order valence-corrected chi connectivity index (χ0v) is 19.1. The summed E-state index contributed by atoms with van der Waals surface area (Å²) in [6.07, 6.45) is 1.55. The standard InChI is InChI=1S/C22H31N7O6/c23-14(10-12-11-27-15-5-2-1-4-13(12)15)19(32)28-16(7-8-18(30)31)20(33)29-17(21(34)35)6-3-9-26-22(24)25/h1-2,4-5,11,14,16-17,27H,3,6-10,23H2,(H,28,32)(H,29,33)(H,30,31)(H,34,35)(H4,24,25,26)/t14-,16-,17-/m0/s1. The van der Waals surface area contributed by atoms with Gasteiger partial charge in [-0.3, -0.25) is 19.4 Å². The van der Waals surface area contributed by atoms with Crippen LogP contribution in [-0.2, 0) is 25.6 Å². The summed E-state index contributed by atoms with van der Waals surface area (Å²) in [7, 11) is 0. The number of hydrogen-bond acceptors (Lipinski definition) is 6. The summed E-state index contributed by atoms with van der Waals surface area (Å²) in [5, 5.41) is 24.1. The van der Waals surface area contributed by atoms with Gasteiger partial charge >= 0.3 is 11.9 Å². The number of carboxylic acids is 2. The number of aliphatic carboxylic acids is 2. The summed E-state index contributed by atoms with van der Waals surface area (Å²) in [5.74, 6) is -4.09. The first-order chi connectivity index (χ1) is 16.6. The van der Waals surface area contributed by atoms with Crippen LogP contribution in [0.4, 0.5) is 0 Å². The van der Waals surface area contributed by atoms with Crippen molar-refractivity contribution in [2.45, 2.75) is 50.2 Å². The smallest absolute Gasteiger partial charge is 0.326 e. The van der Waals surface area contributed by atoms with E-state index < -0.39 is 48.3 Å². The molecule has 1 aromatic heterocycles. The lowest BCUT2D eigenvalue weighted by Crippen LogP contribution is -2.54. The molecule has 13 heteroatoms. The second kappa shape index (κ2) is 12.9. The van der Waals surface area contributed by atoms with Crippen LogP contribution in [0.5, 0.6) is 0 Å². The van der Waals surface area contributed by atoms with E-state index in [1.54, 1.807) is 6.20 Å². The predicted octanol–water partition coefficient (Wildman–Crippen LogP) is -0.990. The number of amides is 2. The third-order valence-corrected chi connectivity index (χ3v) is 5.29. The highest BCUT2D eigenvalue weighted by atomic mass is 16.4. The molecule has 190 valence electrons. The van der Waals surface area contributed by atoms with Gasteiger partial charge in [-0.2, -0.15) is 0 Å². The maximum Gasteiger partial charge on any atom is 0.326 e. The number of benzene rings is 1. The third-order valence-electron chi connectivity index (χ3n) is 5.29. The van der Waals surface area contributed by atoms with E-state index >= 15 is 0 Å². The fourth-order valence-electron chi connectivity index (χ4n) is 3.48. The minimum atomic E-state index is -1.29. The number of nitrogens with zero attached hydrogens (tertiary/aromatic N) is 1. The molecule has 0 bridgehead atoms. The van der Waals surface area contributed by atoms with Crippen LogP contribution in [0.2, 0.25) is 0 Å². The number of aliphatic imine (C=N–C) groups is 1. The third kappa shape index (κ3) is 8.62. The van der Waals surface area contributed by atoms with Crippen molar-refractivity contribution in [3.8, 4) is 0 Å². The van der Waals surface area contributed by atoms with Crippen LogP contribution in [0.15, 0.2) is 35.5 Å². The number of rotatable bonds is 14. The van der Waals surface area contributed by atoms with Crippen molar-refractivity contribution in [3.05, 3.63) is 36.0 Å². The van der Waals surface area contributed by atoms with E-state index in [1.165, 1.54) is 0 Å². The summed E-state index contributed by atoms with van der Waals surface area (Å²) in [5.41, 5.74) is 18.2. The molecule has 0 radical (unpaired) electrons. The topological polar surface area (TPSA) is 239 Å². The van der Waals surface area contributed by atoms with Gasteiger partial charge in [0.15, 0.2) is 5.96 Å². The van der Waals surface area contributed by atoms with Gasteiger partial charge in [0.2, 0.25) is 11.8 Å². The van der Waals surface area contributed by atoms with Crippen molar-refractivity contribution >= 4 is 40.6 Å². The van der Waals surface area contributed by atoms with E-state index in [0.29, 0.717) is 0 Å². The number of para-hydroxylation sites is 1. The van der Waals surface area contributed by atoms with E-state index in [0.717, 1.165) is 16.5 Å². The van der Waals surface area contributed by atoms with Crippen LogP contribution in [0.1, 0.15) is 31.2 Å². The second-order valence-electron chi connectivity index (χ2n) is 8.01. The molecular formula is C22H31N7O6. The van der Waals surface area contributed by atoms with Crippen molar-refractivity contribution < 1.29 is 29.4 Å². The number of aromatic amines is 1. The summed E-state index contributed by atoms with van der Waals surface area (Å²) >= 11 is 0. The molecule has 2 rings (SSSR count). The molecule has 0 fully saturated rings. The maximum atomic E-state index is 12.8. The van der Waals surface area contributed by atoms with Crippen molar-refractivity contribution in [3.63, 3.8) is 0 Å². The molecule has 2 amide bonds. The van der Waals surface area contributed by atoms with Crippen molar-refractivity contribution in [2.24, 2.45) is 22.2 Å². The predicted molar refractivity (Wildman–Crippen MR) is 128 cm³/mol. The Bertz CT molecular complexity index is 1080. The summed E-state index contributed by atoms with van der Waals surface area (Å²) < 4.78 is 0.